The van der Waals surface area contributed by atoms with Crippen LogP contribution in [0.25, 0.3) is 0 Å². The van der Waals surface area contributed by atoms with E-state index < -0.39 is 10.1 Å². The monoisotopic (exact) mass is 208 g/mol. The first-order valence-electron chi connectivity index (χ1n) is 4.55. The molecule has 0 rings (SSSR count). The highest BCUT2D eigenvalue weighted by Crippen LogP contribution is 2.26. The van der Waals surface area contributed by atoms with Crippen LogP contribution in [0.15, 0.2) is 0 Å². The third kappa shape index (κ3) is 6.05. The predicted octanol–water partition coefficient (Wildman–Crippen LogP) is 2.18. The number of rotatable bonds is 4. The summed E-state index contributed by atoms with van der Waals surface area (Å²) in [6.07, 6.45) is 2.59. The molecule has 1 unspecified atom stereocenters. The summed E-state index contributed by atoms with van der Waals surface area (Å²) in [6, 6.07) is 0. The summed E-state index contributed by atoms with van der Waals surface area (Å²) >= 11 is 0. The topological polar surface area (TPSA) is 43.4 Å². The van der Waals surface area contributed by atoms with Gasteiger partial charge < -0.3 is 0 Å². The first kappa shape index (κ1) is 12.9. The van der Waals surface area contributed by atoms with Gasteiger partial charge in [0.05, 0.1) is 12.4 Å². The smallest absolute Gasteiger partial charge is 0.264 e. The van der Waals surface area contributed by atoms with Crippen molar-refractivity contribution in [1.29, 1.82) is 0 Å². The van der Waals surface area contributed by atoms with E-state index in [0.29, 0.717) is 0 Å². The van der Waals surface area contributed by atoms with Gasteiger partial charge in [-0.3, -0.25) is 4.18 Å². The van der Waals surface area contributed by atoms with Gasteiger partial charge in [-0.2, -0.15) is 8.42 Å². The van der Waals surface area contributed by atoms with Gasteiger partial charge in [0, 0.05) is 0 Å². The zero-order valence-electron chi connectivity index (χ0n) is 9.12. The Labute approximate surface area is 81.6 Å². The molecule has 4 heteroatoms. The van der Waals surface area contributed by atoms with Gasteiger partial charge in [0.15, 0.2) is 0 Å². The van der Waals surface area contributed by atoms with E-state index in [-0.39, 0.29) is 11.5 Å². The lowest BCUT2D eigenvalue weighted by Gasteiger charge is -2.29. The van der Waals surface area contributed by atoms with Crippen molar-refractivity contribution in [2.24, 2.45) is 5.41 Å². The van der Waals surface area contributed by atoms with E-state index in [9.17, 15) is 8.42 Å². The van der Waals surface area contributed by atoms with Crippen molar-refractivity contribution < 1.29 is 12.6 Å². The standard InChI is InChI=1S/C9H20O3S/c1-6-7-8(9(2,3)4)12-13(5,10)11/h8H,6-7H2,1-5H3. The van der Waals surface area contributed by atoms with Gasteiger partial charge >= 0.3 is 0 Å². The molecule has 0 heterocycles. The Balaban J connectivity index is 4.45. The lowest BCUT2D eigenvalue weighted by Crippen LogP contribution is -2.31. The summed E-state index contributed by atoms with van der Waals surface area (Å²) < 4.78 is 26.9. The quantitative estimate of drug-likeness (QED) is 0.665. The summed E-state index contributed by atoms with van der Waals surface area (Å²) in [7, 11) is -3.33. The predicted molar refractivity (Wildman–Crippen MR) is 54.1 cm³/mol. The van der Waals surface area contributed by atoms with Gasteiger partial charge in [0.25, 0.3) is 10.1 Å². The average Bonchev–Trinajstić information content (AvgIpc) is 1.81. The molecule has 0 radical (unpaired) electrons. The van der Waals surface area contributed by atoms with E-state index >= 15 is 0 Å². The second-order valence-corrected chi connectivity index (χ2v) is 6.04. The molecule has 0 amide bonds. The van der Waals surface area contributed by atoms with Gasteiger partial charge in [-0.05, 0) is 11.8 Å². The Morgan fingerprint density at radius 2 is 1.77 bits per heavy atom. The minimum absolute atomic E-state index is 0.126. The van der Waals surface area contributed by atoms with E-state index in [2.05, 4.69) is 0 Å². The first-order chi connectivity index (χ1) is 5.67. The Kier molecular flexibility index (Phi) is 4.39. The van der Waals surface area contributed by atoms with Crippen LogP contribution in [0.5, 0.6) is 0 Å². The van der Waals surface area contributed by atoms with E-state index in [1.54, 1.807) is 0 Å². The minimum atomic E-state index is -3.33. The zero-order chi connectivity index (χ0) is 10.7. The summed E-state index contributed by atoms with van der Waals surface area (Å²) in [4.78, 5) is 0. The molecule has 0 saturated carbocycles. The SMILES string of the molecule is CCCC(OS(C)(=O)=O)C(C)(C)C. The van der Waals surface area contributed by atoms with Crippen LogP contribution in [0.2, 0.25) is 0 Å². The van der Waals surface area contributed by atoms with Gasteiger partial charge in [-0.25, -0.2) is 0 Å². The molecule has 0 N–H and O–H groups in total. The first-order valence-corrected chi connectivity index (χ1v) is 6.36. The fourth-order valence-electron chi connectivity index (χ4n) is 1.10. The third-order valence-corrected chi connectivity index (χ3v) is 2.39. The van der Waals surface area contributed by atoms with Crippen LogP contribution in [0.4, 0.5) is 0 Å². The Hall–Kier alpha value is -0.0900. The maximum absolute atomic E-state index is 10.9. The van der Waals surface area contributed by atoms with Crippen LogP contribution in [0.1, 0.15) is 40.5 Å². The normalized spacial score (nSPS) is 15.8. The molecule has 0 aromatic carbocycles. The number of hydrogen-bond acceptors (Lipinski definition) is 3. The van der Waals surface area contributed by atoms with Crippen LogP contribution in [-0.2, 0) is 14.3 Å². The molecule has 1 atom stereocenters. The lowest BCUT2D eigenvalue weighted by molar-refractivity contribution is 0.0855. The Morgan fingerprint density at radius 3 is 2.00 bits per heavy atom. The Morgan fingerprint density at radius 1 is 1.31 bits per heavy atom. The van der Waals surface area contributed by atoms with Crippen molar-refractivity contribution in [2.75, 3.05) is 6.26 Å². The fraction of sp³-hybridized carbons (Fsp3) is 1.00. The van der Waals surface area contributed by atoms with E-state index in [4.69, 9.17) is 4.18 Å². The Bertz CT molecular complexity index is 236. The maximum atomic E-state index is 10.9. The summed E-state index contributed by atoms with van der Waals surface area (Å²) in [5.74, 6) is 0. The van der Waals surface area contributed by atoms with Gasteiger partial charge in [-0.15, -0.1) is 0 Å². The molecule has 0 aromatic rings. The van der Waals surface area contributed by atoms with E-state index in [1.807, 2.05) is 27.7 Å². The molecule has 0 spiro atoms. The van der Waals surface area contributed by atoms with E-state index in [1.165, 1.54) is 0 Å². The van der Waals surface area contributed by atoms with Crippen LogP contribution < -0.4 is 0 Å². The van der Waals surface area contributed by atoms with Crippen LogP contribution in [0, 0.1) is 5.41 Å². The third-order valence-electron chi connectivity index (χ3n) is 1.81. The molecule has 0 bridgehead atoms. The minimum Gasteiger partial charge on any atom is -0.266 e. The van der Waals surface area contributed by atoms with Crippen LogP contribution in [-0.4, -0.2) is 20.8 Å². The summed E-state index contributed by atoms with van der Waals surface area (Å²) in [5.41, 5.74) is -0.126. The molecular weight excluding hydrogens is 188 g/mol. The highest BCUT2D eigenvalue weighted by atomic mass is 32.2. The molecule has 0 aromatic heterocycles. The fourth-order valence-corrected chi connectivity index (χ4v) is 1.91. The summed E-state index contributed by atoms with van der Waals surface area (Å²) in [5, 5.41) is 0. The molecule has 13 heavy (non-hydrogen) atoms. The van der Waals surface area contributed by atoms with Crippen molar-refractivity contribution in [1.82, 2.24) is 0 Å². The second-order valence-electron chi connectivity index (χ2n) is 4.44. The van der Waals surface area contributed by atoms with Crippen LogP contribution >= 0.6 is 0 Å². The molecular formula is C9H20O3S. The van der Waals surface area contributed by atoms with Gasteiger partial charge in [-0.1, -0.05) is 34.1 Å². The van der Waals surface area contributed by atoms with Crippen molar-refractivity contribution >= 4 is 10.1 Å². The highest BCUT2D eigenvalue weighted by Gasteiger charge is 2.27. The van der Waals surface area contributed by atoms with Crippen molar-refractivity contribution in [3.05, 3.63) is 0 Å². The molecule has 0 fully saturated rings. The molecule has 3 nitrogen and oxygen atoms in total. The van der Waals surface area contributed by atoms with Crippen molar-refractivity contribution in [3.63, 3.8) is 0 Å². The maximum Gasteiger partial charge on any atom is 0.264 e. The lowest BCUT2D eigenvalue weighted by atomic mass is 9.87. The largest absolute Gasteiger partial charge is 0.266 e. The van der Waals surface area contributed by atoms with Crippen molar-refractivity contribution in [3.8, 4) is 0 Å². The van der Waals surface area contributed by atoms with Crippen molar-refractivity contribution in [2.45, 2.75) is 46.6 Å². The zero-order valence-corrected chi connectivity index (χ0v) is 9.94. The van der Waals surface area contributed by atoms with E-state index in [0.717, 1.165) is 19.1 Å². The van der Waals surface area contributed by atoms with Gasteiger partial charge in [0.2, 0.25) is 0 Å². The molecule has 0 aliphatic carbocycles. The van der Waals surface area contributed by atoms with Crippen LogP contribution in [0.3, 0.4) is 0 Å². The highest BCUT2D eigenvalue weighted by molar-refractivity contribution is 7.86. The molecule has 0 saturated heterocycles. The number of hydrogen-bond donors (Lipinski definition) is 0. The molecule has 0 aliphatic heterocycles. The van der Waals surface area contributed by atoms with Gasteiger partial charge in [0.1, 0.15) is 0 Å². The second kappa shape index (κ2) is 4.42. The average molecular weight is 208 g/mol. The summed E-state index contributed by atoms with van der Waals surface area (Å²) in [6.45, 7) is 7.97. The molecule has 80 valence electrons. The molecule has 0 aliphatic rings.